The van der Waals surface area contributed by atoms with Crippen LogP contribution >= 0.6 is 0 Å². The second-order valence-electron chi connectivity index (χ2n) is 2.67. The maximum Gasteiger partial charge on any atom is 0.335 e. The highest BCUT2D eigenvalue weighted by Crippen LogP contribution is 2.22. The third-order valence-electron chi connectivity index (χ3n) is 1.56. The minimum Gasteiger partial charge on any atom is -0.282 e. The van der Waals surface area contributed by atoms with Gasteiger partial charge in [0.2, 0.25) is 0 Å². The average Bonchev–Trinajstić information content (AvgIpc) is 2.14. The van der Waals surface area contributed by atoms with Crippen molar-refractivity contribution in [3.05, 3.63) is 34.4 Å². The Bertz CT molecular complexity index is 646. The van der Waals surface area contributed by atoms with Crippen molar-refractivity contribution in [2.75, 3.05) is 0 Å². The molecule has 0 aliphatic heterocycles. The van der Waals surface area contributed by atoms with Crippen molar-refractivity contribution in [1.82, 2.24) is 0 Å². The van der Waals surface area contributed by atoms with Gasteiger partial charge in [0.15, 0.2) is 0 Å². The molecule has 0 aromatic heterocycles. The maximum atomic E-state index is 11.3. The van der Waals surface area contributed by atoms with Crippen LogP contribution in [0, 0.1) is 10.1 Å². The summed E-state index contributed by atoms with van der Waals surface area (Å²) in [4.78, 5) is 7.93. The Morgan fingerprint density at radius 1 is 1.12 bits per heavy atom. The predicted molar refractivity (Wildman–Crippen MR) is 51.5 cm³/mol. The topological polar surface area (TPSA) is 141 Å². The summed E-state index contributed by atoms with van der Waals surface area (Å²) in [5, 5.41) is 8.34. The summed E-state index contributed by atoms with van der Waals surface area (Å²) in [6.07, 6.45) is 0. The van der Waals surface area contributed by atoms with Crippen molar-refractivity contribution in [3.63, 3.8) is 0 Å². The van der Waals surface area contributed by atoms with E-state index in [2.05, 4.69) is 4.28 Å². The molecule has 9 nitrogen and oxygen atoms in total. The van der Waals surface area contributed by atoms with Crippen LogP contribution in [0.4, 0.5) is 0 Å². The van der Waals surface area contributed by atoms with Crippen LogP contribution < -0.4 is 0 Å². The Morgan fingerprint density at radius 2 is 1.59 bits per heavy atom. The monoisotopic (exact) mass is 283 g/mol. The fraction of sp³-hybridized carbons (Fsp3) is 0. The number of benzene rings is 1. The van der Waals surface area contributed by atoms with E-state index in [1.807, 2.05) is 0 Å². The van der Waals surface area contributed by atoms with E-state index in [9.17, 15) is 26.9 Å². The van der Waals surface area contributed by atoms with E-state index in [0.717, 1.165) is 24.3 Å². The zero-order valence-corrected chi connectivity index (χ0v) is 9.51. The quantitative estimate of drug-likeness (QED) is 0.456. The first-order valence-corrected chi connectivity index (χ1v) is 6.65. The fourth-order valence-corrected chi connectivity index (χ4v) is 2.99. The average molecular weight is 283 g/mol. The third kappa shape index (κ3) is 3.12. The number of hydrogen-bond donors (Lipinski definition) is 1. The molecule has 0 spiro atoms. The van der Waals surface area contributed by atoms with Crippen LogP contribution in [0.5, 0.6) is 0 Å². The molecule has 0 heterocycles. The first-order valence-electron chi connectivity index (χ1n) is 3.80. The Kier molecular flexibility index (Phi) is 3.35. The molecule has 17 heavy (non-hydrogen) atoms. The van der Waals surface area contributed by atoms with Gasteiger partial charge in [-0.15, -0.1) is 10.1 Å². The molecule has 94 valence electrons. The molecule has 0 fully saturated rings. The predicted octanol–water partition coefficient (Wildman–Crippen LogP) is -0.170. The van der Waals surface area contributed by atoms with E-state index in [0.29, 0.717) is 0 Å². The van der Waals surface area contributed by atoms with Crippen molar-refractivity contribution in [1.29, 1.82) is 0 Å². The second-order valence-corrected chi connectivity index (χ2v) is 5.56. The molecule has 0 radical (unpaired) electrons. The second kappa shape index (κ2) is 4.27. The zero-order chi connectivity index (χ0) is 13.3. The molecule has 0 saturated carbocycles. The van der Waals surface area contributed by atoms with Gasteiger partial charge in [0.1, 0.15) is 9.79 Å². The van der Waals surface area contributed by atoms with Crippen molar-refractivity contribution in [3.8, 4) is 0 Å². The lowest BCUT2D eigenvalue weighted by Gasteiger charge is -2.05. The molecule has 0 atom stereocenters. The van der Waals surface area contributed by atoms with E-state index >= 15 is 0 Å². The molecule has 1 aromatic rings. The van der Waals surface area contributed by atoms with Gasteiger partial charge in [-0.3, -0.25) is 4.55 Å². The van der Waals surface area contributed by atoms with Gasteiger partial charge < -0.3 is 0 Å². The van der Waals surface area contributed by atoms with E-state index in [1.165, 1.54) is 0 Å². The number of rotatable bonds is 4. The maximum absolute atomic E-state index is 11.3. The summed E-state index contributed by atoms with van der Waals surface area (Å²) in [6.45, 7) is 0. The van der Waals surface area contributed by atoms with Gasteiger partial charge in [-0.2, -0.15) is 21.1 Å². The van der Waals surface area contributed by atoms with E-state index in [-0.39, 0.29) is 0 Å². The molecule has 1 rings (SSSR count). The standard InChI is InChI=1S/C6H5NO8S2/c8-7(9)15-17(13,14)6-4-2-1-3-5(6)16(10,11)12/h1-4H,(H,10,11,12). The van der Waals surface area contributed by atoms with Crippen LogP contribution in [0.1, 0.15) is 0 Å². The summed E-state index contributed by atoms with van der Waals surface area (Å²) in [5.74, 6) is 0. The van der Waals surface area contributed by atoms with Crippen molar-refractivity contribution in [2.45, 2.75) is 9.79 Å². The van der Waals surface area contributed by atoms with E-state index < -0.39 is 35.1 Å². The highest BCUT2D eigenvalue weighted by molar-refractivity contribution is 7.89. The SMILES string of the molecule is O=[N+]([O-])OS(=O)(=O)c1ccccc1S(=O)(=O)O. The van der Waals surface area contributed by atoms with Gasteiger partial charge in [0.05, 0.1) is 0 Å². The molecule has 1 N–H and O–H groups in total. The van der Waals surface area contributed by atoms with Crippen LogP contribution in [-0.4, -0.2) is 26.5 Å². The Labute approximate surface area is 95.6 Å². The van der Waals surface area contributed by atoms with Gasteiger partial charge in [-0.05, 0) is 12.1 Å². The Hall–Kier alpha value is -1.72. The molecule has 0 aliphatic carbocycles. The van der Waals surface area contributed by atoms with Crippen molar-refractivity contribution in [2.24, 2.45) is 0 Å². The van der Waals surface area contributed by atoms with Gasteiger partial charge in [-0.25, -0.2) is 0 Å². The largest absolute Gasteiger partial charge is 0.335 e. The number of hydrogen-bond acceptors (Lipinski definition) is 7. The fourth-order valence-electron chi connectivity index (χ4n) is 0.990. The van der Waals surface area contributed by atoms with Gasteiger partial charge in [0, 0.05) is 0 Å². The van der Waals surface area contributed by atoms with E-state index in [4.69, 9.17) is 4.55 Å². The molecule has 0 amide bonds. The minimum atomic E-state index is -4.91. The smallest absolute Gasteiger partial charge is 0.282 e. The van der Waals surface area contributed by atoms with Gasteiger partial charge in [0.25, 0.3) is 10.1 Å². The molecule has 0 saturated heterocycles. The van der Waals surface area contributed by atoms with Crippen LogP contribution in [-0.2, 0) is 24.5 Å². The Morgan fingerprint density at radius 3 is 2.00 bits per heavy atom. The highest BCUT2D eigenvalue weighted by Gasteiger charge is 2.27. The summed E-state index contributed by atoms with van der Waals surface area (Å²) < 4.78 is 56.4. The van der Waals surface area contributed by atoms with Crippen LogP contribution in [0.25, 0.3) is 0 Å². The first-order chi connectivity index (χ1) is 7.64. The molecule has 11 heteroatoms. The molecule has 0 bridgehead atoms. The normalized spacial score (nSPS) is 12.1. The summed E-state index contributed by atoms with van der Waals surface area (Å²) >= 11 is 0. The highest BCUT2D eigenvalue weighted by atomic mass is 32.2. The van der Waals surface area contributed by atoms with Crippen molar-refractivity contribution >= 4 is 20.2 Å². The lowest BCUT2D eigenvalue weighted by molar-refractivity contribution is -0.711. The summed E-state index contributed by atoms with van der Waals surface area (Å²) in [5.41, 5.74) is 0. The molecular weight excluding hydrogens is 278 g/mol. The van der Waals surface area contributed by atoms with Gasteiger partial charge >= 0.3 is 15.2 Å². The number of nitrogens with zero attached hydrogens (tertiary/aromatic N) is 1. The van der Waals surface area contributed by atoms with Crippen LogP contribution in [0.15, 0.2) is 34.1 Å². The van der Waals surface area contributed by atoms with Crippen LogP contribution in [0.2, 0.25) is 0 Å². The molecule has 0 aliphatic rings. The molecular formula is C6H5NO8S2. The van der Waals surface area contributed by atoms with Crippen molar-refractivity contribution < 1.29 is 30.8 Å². The first kappa shape index (κ1) is 13.3. The minimum absolute atomic E-state index is 0.752. The van der Waals surface area contributed by atoms with E-state index in [1.54, 1.807) is 0 Å². The molecule has 0 unspecified atom stereocenters. The molecule has 1 aromatic carbocycles. The Balaban J connectivity index is 3.48. The lowest BCUT2D eigenvalue weighted by Crippen LogP contribution is -2.15. The van der Waals surface area contributed by atoms with Crippen LogP contribution in [0.3, 0.4) is 0 Å². The van der Waals surface area contributed by atoms with Gasteiger partial charge in [-0.1, -0.05) is 12.1 Å². The zero-order valence-electron chi connectivity index (χ0n) is 7.88. The third-order valence-corrected chi connectivity index (χ3v) is 3.81. The summed E-state index contributed by atoms with van der Waals surface area (Å²) in [7, 11) is -9.75. The summed E-state index contributed by atoms with van der Waals surface area (Å²) in [6, 6.07) is 3.77. The lowest BCUT2D eigenvalue weighted by atomic mass is 10.4.